The third-order valence-electron chi connectivity index (χ3n) is 8.37. The Kier molecular flexibility index (Phi) is 3.66. The van der Waals surface area contributed by atoms with Gasteiger partial charge in [-0.2, -0.15) is 4.98 Å². The highest BCUT2D eigenvalue weighted by Crippen LogP contribution is 2.54. The summed E-state index contributed by atoms with van der Waals surface area (Å²) in [5.41, 5.74) is 0.0901. The number of rotatable bonds is 4. The molecule has 3 aliphatic heterocycles. The standard InChI is InChI=1S/C21H31N5O2/c1-12-22-20(28-24-12)26-13-4-5-14(26)9-15(8-13)25-10-16-17(11-25)18(16)19(27)23-21(2)6-3-7-21/h13-18H,3-11H2,1-2H3,(H,23,27)/t13?,14?,15?,16-,17+,18?. The van der Waals surface area contributed by atoms with Crippen LogP contribution in [0.1, 0.15) is 57.7 Å². The number of nitrogens with zero attached hydrogens (tertiary/aromatic N) is 4. The van der Waals surface area contributed by atoms with Crippen molar-refractivity contribution in [2.24, 2.45) is 17.8 Å². The molecule has 5 fully saturated rings. The molecule has 1 N–H and O–H groups in total. The molecule has 4 heterocycles. The van der Waals surface area contributed by atoms with E-state index in [1.54, 1.807) is 0 Å². The minimum absolute atomic E-state index is 0.0901. The van der Waals surface area contributed by atoms with Gasteiger partial charge in [-0.15, -0.1) is 0 Å². The van der Waals surface area contributed by atoms with E-state index in [-0.39, 0.29) is 11.5 Å². The Balaban J connectivity index is 1.06. The highest BCUT2D eigenvalue weighted by atomic mass is 16.5. The van der Waals surface area contributed by atoms with Gasteiger partial charge < -0.3 is 14.7 Å². The zero-order valence-electron chi connectivity index (χ0n) is 16.9. The van der Waals surface area contributed by atoms with Gasteiger partial charge in [0.2, 0.25) is 5.91 Å². The van der Waals surface area contributed by atoms with Crippen LogP contribution < -0.4 is 10.2 Å². The van der Waals surface area contributed by atoms with Gasteiger partial charge in [0.05, 0.1) is 0 Å². The van der Waals surface area contributed by atoms with Crippen molar-refractivity contribution in [2.75, 3.05) is 18.0 Å². The number of hydrogen-bond donors (Lipinski definition) is 1. The maximum atomic E-state index is 12.7. The normalized spacial score (nSPS) is 40.9. The van der Waals surface area contributed by atoms with Gasteiger partial charge in [0.1, 0.15) is 0 Å². The Morgan fingerprint density at radius 1 is 1.14 bits per heavy atom. The van der Waals surface area contributed by atoms with Crippen molar-refractivity contribution in [1.82, 2.24) is 20.4 Å². The fraction of sp³-hybridized carbons (Fsp3) is 0.857. The summed E-state index contributed by atoms with van der Waals surface area (Å²) in [5.74, 6) is 2.53. The first-order chi connectivity index (χ1) is 13.5. The first kappa shape index (κ1) is 17.2. The van der Waals surface area contributed by atoms with Crippen LogP contribution in [0.15, 0.2) is 4.52 Å². The van der Waals surface area contributed by atoms with Crippen LogP contribution >= 0.6 is 0 Å². The number of hydrogen-bond acceptors (Lipinski definition) is 6. The first-order valence-corrected chi connectivity index (χ1v) is 11.2. The predicted octanol–water partition coefficient (Wildman–Crippen LogP) is 2.11. The zero-order valence-corrected chi connectivity index (χ0v) is 16.9. The van der Waals surface area contributed by atoms with Crippen LogP contribution in [0.3, 0.4) is 0 Å². The third kappa shape index (κ3) is 2.61. The molecule has 7 heteroatoms. The smallest absolute Gasteiger partial charge is 0.324 e. The lowest BCUT2D eigenvalue weighted by Crippen LogP contribution is -2.53. The van der Waals surface area contributed by atoms with Crippen LogP contribution in [-0.2, 0) is 4.79 Å². The third-order valence-corrected chi connectivity index (χ3v) is 8.37. The number of aryl methyl sites for hydroxylation is 1. The van der Waals surface area contributed by atoms with Crippen molar-refractivity contribution in [2.45, 2.75) is 82.5 Å². The van der Waals surface area contributed by atoms with Crippen molar-refractivity contribution in [3.63, 3.8) is 0 Å². The largest absolute Gasteiger partial charge is 0.351 e. The van der Waals surface area contributed by atoms with Gasteiger partial charge in [-0.05, 0) is 70.6 Å². The van der Waals surface area contributed by atoms with Crippen LogP contribution in [-0.4, -0.2) is 57.7 Å². The van der Waals surface area contributed by atoms with E-state index in [2.05, 4.69) is 32.2 Å². The van der Waals surface area contributed by atoms with E-state index < -0.39 is 0 Å². The predicted molar refractivity (Wildman–Crippen MR) is 104 cm³/mol. The quantitative estimate of drug-likeness (QED) is 0.856. The molecule has 2 bridgehead atoms. The summed E-state index contributed by atoms with van der Waals surface area (Å²) < 4.78 is 5.47. The monoisotopic (exact) mass is 385 g/mol. The number of amides is 1. The molecule has 3 saturated heterocycles. The molecule has 0 aromatic carbocycles. The average Bonchev–Trinajstić information content (AvgIpc) is 2.94. The van der Waals surface area contributed by atoms with Crippen LogP contribution in [0.5, 0.6) is 0 Å². The minimum atomic E-state index is 0.0901. The molecular formula is C21H31N5O2. The number of fused-ring (bicyclic) bond motifs is 3. The van der Waals surface area contributed by atoms with Gasteiger partial charge in [-0.25, -0.2) is 0 Å². The fourth-order valence-electron chi connectivity index (χ4n) is 6.61. The van der Waals surface area contributed by atoms with Gasteiger partial charge in [-0.1, -0.05) is 5.16 Å². The molecule has 6 rings (SSSR count). The highest BCUT2D eigenvalue weighted by molar-refractivity contribution is 5.83. The van der Waals surface area contributed by atoms with E-state index in [4.69, 9.17) is 4.52 Å². The first-order valence-electron chi connectivity index (χ1n) is 11.2. The van der Waals surface area contributed by atoms with Crippen LogP contribution in [0.4, 0.5) is 6.01 Å². The maximum absolute atomic E-state index is 12.7. The van der Waals surface area contributed by atoms with Crippen molar-refractivity contribution < 1.29 is 9.32 Å². The number of likely N-dealkylation sites (tertiary alicyclic amines) is 1. The summed E-state index contributed by atoms with van der Waals surface area (Å²) >= 11 is 0. The molecule has 1 amide bonds. The minimum Gasteiger partial charge on any atom is -0.351 e. The summed E-state index contributed by atoms with van der Waals surface area (Å²) in [7, 11) is 0. The van der Waals surface area contributed by atoms with E-state index >= 15 is 0 Å². The van der Waals surface area contributed by atoms with E-state index in [0.717, 1.165) is 31.8 Å². The summed E-state index contributed by atoms with van der Waals surface area (Å²) in [6.45, 7) is 6.32. The molecule has 5 atom stereocenters. The number of anilines is 1. The van der Waals surface area contributed by atoms with Gasteiger partial charge >= 0.3 is 6.01 Å². The van der Waals surface area contributed by atoms with Gasteiger partial charge in [-0.3, -0.25) is 9.69 Å². The van der Waals surface area contributed by atoms with Crippen LogP contribution in [0, 0.1) is 24.7 Å². The van der Waals surface area contributed by atoms with E-state index in [1.807, 2.05) is 6.92 Å². The molecule has 5 aliphatic rings. The topological polar surface area (TPSA) is 74.5 Å². The van der Waals surface area contributed by atoms with Crippen LogP contribution in [0.2, 0.25) is 0 Å². The molecule has 1 aromatic heterocycles. The second-order valence-corrected chi connectivity index (χ2v) is 10.3. The summed E-state index contributed by atoms with van der Waals surface area (Å²) in [6, 6.07) is 2.42. The molecule has 1 aromatic rings. The Bertz CT molecular complexity index is 764. The Labute approximate surface area is 166 Å². The number of carbonyl (C=O) groups is 1. The molecule has 2 saturated carbocycles. The molecule has 0 spiro atoms. The summed E-state index contributed by atoms with van der Waals surface area (Å²) in [5, 5.41) is 7.33. The molecular weight excluding hydrogens is 354 g/mol. The maximum Gasteiger partial charge on any atom is 0.324 e. The molecule has 7 nitrogen and oxygen atoms in total. The van der Waals surface area contributed by atoms with E-state index in [9.17, 15) is 4.79 Å². The van der Waals surface area contributed by atoms with Crippen molar-refractivity contribution in [3.8, 4) is 0 Å². The highest BCUT2D eigenvalue weighted by Gasteiger charge is 2.61. The zero-order chi connectivity index (χ0) is 19.0. The number of nitrogens with one attached hydrogen (secondary N) is 1. The van der Waals surface area contributed by atoms with Crippen molar-refractivity contribution in [3.05, 3.63) is 5.82 Å². The molecule has 152 valence electrons. The SMILES string of the molecule is Cc1noc(N2C3CCC2CC(N2C[C@@H]4C(C(=O)NC5(C)CCC5)[C@@H]4C2)C3)n1. The second-order valence-electron chi connectivity index (χ2n) is 10.3. The van der Waals surface area contributed by atoms with Crippen LogP contribution in [0.25, 0.3) is 0 Å². The molecule has 0 radical (unpaired) electrons. The lowest BCUT2D eigenvalue weighted by atomic mass is 9.78. The lowest BCUT2D eigenvalue weighted by molar-refractivity contribution is -0.126. The van der Waals surface area contributed by atoms with Gasteiger partial charge in [0.15, 0.2) is 5.82 Å². The Morgan fingerprint density at radius 3 is 2.36 bits per heavy atom. The molecule has 3 unspecified atom stereocenters. The number of carbonyl (C=O) groups excluding carboxylic acids is 1. The van der Waals surface area contributed by atoms with Gasteiger partial charge in [0.25, 0.3) is 0 Å². The second kappa shape index (κ2) is 5.94. The number of piperidine rings is 2. The lowest BCUT2D eigenvalue weighted by Gasteiger charge is -2.42. The summed E-state index contributed by atoms with van der Waals surface area (Å²) in [6.07, 6.45) is 8.38. The van der Waals surface area contributed by atoms with E-state index in [0.29, 0.717) is 41.9 Å². The van der Waals surface area contributed by atoms with Gasteiger partial charge in [0, 0.05) is 42.7 Å². The Morgan fingerprint density at radius 2 is 1.82 bits per heavy atom. The van der Waals surface area contributed by atoms with Crippen molar-refractivity contribution >= 4 is 11.9 Å². The van der Waals surface area contributed by atoms with Crippen molar-refractivity contribution in [1.29, 1.82) is 0 Å². The average molecular weight is 386 g/mol. The summed E-state index contributed by atoms with van der Waals surface area (Å²) in [4.78, 5) is 22.2. The fourth-order valence-corrected chi connectivity index (χ4v) is 6.61. The molecule has 28 heavy (non-hydrogen) atoms. The molecule has 2 aliphatic carbocycles. The number of aromatic nitrogens is 2. The Hall–Kier alpha value is -1.63. The van der Waals surface area contributed by atoms with E-state index in [1.165, 1.54) is 32.1 Å².